The van der Waals surface area contributed by atoms with Gasteiger partial charge >= 0.3 is 7.12 Å². The average molecular weight is 352 g/mol. The van der Waals surface area contributed by atoms with Crippen molar-refractivity contribution in [3.63, 3.8) is 0 Å². The summed E-state index contributed by atoms with van der Waals surface area (Å²) in [5.74, 6) is 0.807. The summed E-state index contributed by atoms with van der Waals surface area (Å²) in [5.41, 5.74) is 1.26. The Kier molecular flexibility index (Phi) is 3.39. The standard InChI is InChI=1S/C15H19BBrNO3/c1-14(2)15(3,4)21-16(20-14)13-7-9-6-12(19-5)10(17)8-11(9)18-13/h6-8,18H,1-5H3. The van der Waals surface area contributed by atoms with Crippen LogP contribution in [0.4, 0.5) is 0 Å². The van der Waals surface area contributed by atoms with E-state index in [-0.39, 0.29) is 18.3 Å². The number of aromatic nitrogens is 1. The lowest BCUT2D eigenvalue weighted by Crippen LogP contribution is -2.41. The molecule has 1 aliphatic rings. The van der Waals surface area contributed by atoms with Gasteiger partial charge in [0.1, 0.15) is 5.75 Å². The molecule has 112 valence electrons. The summed E-state index contributed by atoms with van der Waals surface area (Å²) in [6, 6.07) is 6.04. The lowest BCUT2D eigenvalue weighted by molar-refractivity contribution is 0.00578. The molecule has 0 saturated carbocycles. The molecule has 0 unspecified atom stereocenters. The molecular weight excluding hydrogens is 333 g/mol. The van der Waals surface area contributed by atoms with Gasteiger partial charge in [0.25, 0.3) is 0 Å². The number of hydrogen-bond acceptors (Lipinski definition) is 3. The maximum Gasteiger partial charge on any atom is 0.512 e. The molecule has 1 saturated heterocycles. The lowest BCUT2D eigenvalue weighted by atomic mass is 9.85. The minimum Gasteiger partial charge on any atom is -0.496 e. The van der Waals surface area contributed by atoms with Crippen LogP contribution < -0.4 is 10.3 Å². The van der Waals surface area contributed by atoms with Gasteiger partial charge in [-0.25, -0.2) is 0 Å². The molecule has 1 aliphatic heterocycles. The number of aromatic amines is 1. The van der Waals surface area contributed by atoms with Gasteiger partial charge in [-0.05, 0) is 61.8 Å². The third-order valence-electron chi connectivity index (χ3n) is 4.42. The highest BCUT2D eigenvalue weighted by molar-refractivity contribution is 9.10. The minimum atomic E-state index is -0.382. The number of rotatable bonds is 2. The van der Waals surface area contributed by atoms with Crippen LogP contribution in [0.25, 0.3) is 10.9 Å². The van der Waals surface area contributed by atoms with E-state index in [9.17, 15) is 0 Å². The topological polar surface area (TPSA) is 43.5 Å². The fraction of sp³-hybridized carbons (Fsp3) is 0.467. The van der Waals surface area contributed by atoms with Crippen molar-refractivity contribution in [3.05, 3.63) is 22.7 Å². The van der Waals surface area contributed by atoms with Crippen LogP contribution in [0.15, 0.2) is 22.7 Å². The summed E-state index contributed by atoms with van der Waals surface area (Å²) in [5, 5.41) is 1.07. The van der Waals surface area contributed by atoms with Gasteiger partial charge in [-0.15, -0.1) is 0 Å². The van der Waals surface area contributed by atoms with Gasteiger partial charge in [0.15, 0.2) is 0 Å². The van der Waals surface area contributed by atoms with E-state index in [1.807, 2.05) is 18.2 Å². The summed E-state index contributed by atoms with van der Waals surface area (Å²) >= 11 is 3.50. The van der Waals surface area contributed by atoms with Crippen LogP contribution in [-0.2, 0) is 9.31 Å². The Morgan fingerprint density at radius 2 is 1.71 bits per heavy atom. The van der Waals surface area contributed by atoms with Gasteiger partial charge in [-0.1, -0.05) is 0 Å². The van der Waals surface area contributed by atoms with Crippen molar-refractivity contribution >= 4 is 39.5 Å². The second-order valence-electron chi connectivity index (χ2n) is 6.39. The molecule has 2 heterocycles. The molecule has 1 N–H and O–H groups in total. The van der Waals surface area contributed by atoms with Crippen molar-refractivity contribution in [3.8, 4) is 5.75 Å². The average Bonchev–Trinajstić information content (AvgIpc) is 2.87. The highest BCUT2D eigenvalue weighted by atomic mass is 79.9. The maximum atomic E-state index is 6.07. The van der Waals surface area contributed by atoms with Crippen molar-refractivity contribution in [2.75, 3.05) is 7.11 Å². The number of fused-ring (bicyclic) bond motifs is 1. The summed E-state index contributed by atoms with van der Waals surface area (Å²) in [7, 11) is 1.28. The van der Waals surface area contributed by atoms with Crippen LogP contribution in [0.3, 0.4) is 0 Å². The number of halogens is 1. The predicted molar refractivity (Wildman–Crippen MR) is 88.3 cm³/mol. The highest BCUT2D eigenvalue weighted by Gasteiger charge is 2.52. The first kappa shape index (κ1) is 14.9. The van der Waals surface area contributed by atoms with E-state index in [0.717, 1.165) is 26.7 Å². The van der Waals surface area contributed by atoms with Crippen LogP contribution in [-0.4, -0.2) is 30.4 Å². The molecule has 4 nitrogen and oxygen atoms in total. The highest BCUT2D eigenvalue weighted by Crippen LogP contribution is 2.37. The zero-order valence-electron chi connectivity index (χ0n) is 12.9. The summed E-state index contributed by atoms with van der Waals surface area (Å²) in [6.07, 6.45) is 0. The molecule has 6 heteroatoms. The van der Waals surface area contributed by atoms with Gasteiger partial charge in [-0.3, -0.25) is 0 Å². The fourth-order valence-corrected chi connectivity index (χ4v) is 2.91. The number of methoxy groups -OCH3 is 1. The second kappa shape index (κ2) is 4.76. The summed E-state index contributed by atoms with van der Waals surface area (Å²) < 4.78 is 18.4. The largest absolute Gasteiger partial charge is 0.512 e. The Labute approximate surface area is 133 Å². The van der Waals surface area contributed by atoms with Crippen molar-refractivity contribution in [1.29, 1.82) is 0 Å². The zero-order chi connectivity index (χ0) is 15.4. The van der Waals surface area contributed by atoms with Crippen LogP contribution in [0.5, 0.6) is 5.75 Å². The van der Waals surface area contributed by atoms with Crippen LogP contribution in [0.1, 0.15) is 27.7 Å². The van der Waals surface area contributed by atoms with Gasteiger partial charge < -0.3 is 19.0 Å². The number of nitrogens with one attached hydrogen (secondary N) is 1. The summed E-state index contributed by atoms with van der Waals surface area (Å²) in [6.45, 7) is 8.20. The Hall–Kier alpha value is -0.975. The van der Waals surface area contributed by atoms with E-state index in [0.29, 0.717) is 0 Å². The Morgan fingerprint density at radius 1 is 1.10 bits per heavy atom. The normalized spacial score (nSPS) is 20.2. The van der Waals surface area contributed by atoms with E-state index < -0.39 is 0 Å². The second-order valence-corrected chi connectivity index (χ2v) is 7.24. The molecular formula is C15H19BBrNO3. The van der Waals surface area contributed by atoms with Gasteiger partial charge in [0.05, 0.1) is 22.8 Å². The Balaban J connectivity index is 1.99. The number of ether oxygens (including phenoxy) is 1. The molecule has 1 aromatic carbocycles. The quantitative estimate of drug-likeness (QED) is 0.844. The van der Waals surface area contributed by atoms with Crippen molar-refractivity contribution in [1.82, 2.24) is 4.98 Å². The Bertz CT molecular complexity index is 680. The number of benzene rings is 1. The van der Waals surface area contributed by atoms with Crippen molar-refractivity contribution in [2.45, 2.75) is 38.9 Å². The van der Waals surface area contributed by atoms with E-state index in [2.05, 4.69) is 48.6 Å². The predicted octanol–water partition coefficient (Wildman–Crippen LogP) is 3.24. The maximum absolute atomic E-state index is 6.07. The molecule has 2 aromatic rings. The number of H-pyrrole nitrogens is 1. The van der Waals surface area contributed by atoms with Crippen LogP contribution in [0.2, 0.25) is 0 Å². The van der Waals surface area contributed by atoms with E-state index in [1.54, 1.807) is 7.11 Å². The smallest absolute Gasteiger partial charge is 0.496 e. The first-order valence-corrected chi connectivity index (χ1v) is 7.74. The van der Waals surface area contributed by atoms with Gasteiger partial charge in [0, 0.05) is 16.5 Å². The van der Waals surface area contributed by atoms with Crippen molar-refractivity contribution < 1.29 is 14.0 Å². The molecule has 3 rings (SSSR count). The van der Waals surface area contributed by atoms with Gasteiger partial charge in [-0.2, -0.15) is 0 Å². The monoisotopic (exact) mass is 351 g/mol. The number of hydrogen-bond donors (Lipinski definition) is 1. The van der Waals surface area contributed by atoms with E-state index >= 15 is 0 Å². The fourth-order valence-electron chi connectivity index (χ4n) is 2.41. The molecule has 0 amide bonds. The molecule has 0 bridgehead atoms. The lowest BCUT2D eigenvalue weighted by Gasteiger charge is -2.32. The molecule has 0 aliphatic carbocycles. The SMILES string of the molecule is COc1cc2cc(B3OC(C)(C)C(C)(C)O3)[nH]c2cc1Br. The first-order chi connectivity index (χ1) is 9.73. The molecule has 0 radical (unpaired) electrons. The third kappa shape index (κ3) is 2.39. The molecule has 1 aromatic heterocycles. The zero-order valence-corrected chi connectivity index (χ0v) is 14.5. The first-order valence-electron chi connectivity index (χ1n) is 6.95. The van der Waals surface area contributed by atoms with Gasteiger partial charge in [0.2, 0.25) is 0 Å². The minimum absolute atomic E-state index is 0.340. The third-order valence-corrected chi connectivity index (χ3v) is 5.04. The molecule has 0 spiro atoms. The molecule has 1 fully saturated rings. The van der Waals surface area contributed by atoms with Crippen molar-refractivity contribution in [2.24, 2.45) is 0 Å². The van der Waals surface area contributed by atoms with E-state index in [1.165, 1.54) is 0 Å². The summed E-state index contributed by atoms with van der Waals surface area (Å²) in [4.78, 5) is 3.37. The van der Waals surface area contributed by atoms with Crippen LogP contribution >= 0.6 is 15.9 Å². The van der Waals surface area contributed by atoms with E-state index in [4.69, 9.17) is 14.0 Å². The molecule has 21 heavy (non-hydrogen) atoms. The molecule has 0 atom stereocenters. The Morgan fingerprint density at radius 3 is 2.29 bits per heavy atom. The van der Waals surface area contributed by atoms with Crippen LogP contribution in [0, 0.1) is 0 Å².